The number of nitrogens with zero attached hydrogens (tertiary/aromatic N) is 3. The molecule has 1 fully saturated rings. The smallest absolute Gasteiger partial charge is 0.411 e. The normalized spacial score (nSPS) is 18.0. The number of para-hydroxylation sites is 1. The van der Waals surface area contributed by atoms with Crippen LogP contribution in [0.2, 0.25) is 0 Å². The molecule has 0 spiro atoms. The standard InChI is InChI=1S/C31H41N7O7/c1-6-20(17-39)34-28(41)24-14-22(45-31(44)35-21-10-8-7-9-11-21)16-38(24)30(43)26(19(4)5)37-29(42)25(18(2)3)36-27(40)23-15-32-12-13-33-23/h7-13,15,17-20,22,24-26H,6,14,16H2,1-5H3,(H,34,41)(H,35,44)(H,36,40)(H,37,42)/t20-,22+,24-,25-,26-/m0/s1. The lowest BCUT2D eigenvalue weighted by molar-refractivity contribution is -0.143. The fraction of sp³-hybridized carbons (Fsp3) is 0.484. The Morgan fingerprint density at radius 2 is 1.67 bits per heavy atom. The average molecular weight is 624 g/mol. The summed E-state index contributed by atoms with van der Waals surface area (Å²) < 4.78 is 5.57. The lowest BCUT2D eigenvalue weighted by Crippen LogP contribution is -2.59. The zero-order valence-corrected chi connectivity index (χ0v) is 26.1. The lowest BCUT2D eigenvalue weighted by atomic mass is 9.98. The Kier molecular flexibility index (Phi) is 12.5. The molecule has 2 aromatic rings. The Morgan fingerprint density at radius 3 is 2.24 bits per heavy atom. The van der Waals surface area contributed by atoms with Crippen molar-refractivity contribution in [3.8, 4) is 0 Å². The van der Waals surface area contributed by atoms with Gasteiger partial charge in [0.05, 0.1) is 18.8 Å². The highest BCUT2D eigenvalue weighted by Gasteiger charge is 2.45. The number of anilines is 1. The van der Waals surface area contributed by atoms with Crippen LogP contribution in [0.1, 0.15) is 57.9 Å². The first-order valence-corrected chi connectivity index (χ1v) is 14.9. The number of amides is 5. The van der Waals surface area contributed by atoms with Crippen LogP contribution in [-0.2, 0) is 23.9 Å². The molecule has 0 radical (unpaired) electrons. The van der Waals surface area contributed by atoms with Crippen LogP contribution >= 0.6 is 0 Å². The Balaban J connectivity index is 1.79. The third kappa shape index (κ3) is 9.55. The molecule has 1 aliphatic rings. The van der Waals surface area contributed by atoms with Gasteiger partial charge in [-0.3, -0.25) is 29.5 Å². The third-order valence-corrected chi connectivity index (χ3v) is 7.34. The van der Waals surface area contributed by atoms with Gasteiger partial charge in [0, 0.05) is 24.5 Å². The van der Waals surface area contributed by atoms with Crippen LogP contribution in [0.15, 0.2) is 48.9 Å². The molecule has 242 valence electrons. The monoisotopic (exact) mass is 623 g/mol. The van der Waals surface area contributed by atoms with E-state index in [-0.39, 0.29) is 24.6 Å². The van der Waals surface area contributed by atoms with Gasteiger partial charge < -0.3 is 30.4 Å². The first-order chi connectivity index (χ1) is 21.4. The van der Waals surface area contributed by atoms with Gasteiger partial charge in [0.15, 0.2) is 0 Å². The first kappa shape index (κ1) is 34.6. The van der Waals surface area contributed by atoms with Crippen molar-refractivity contribution in [3.05, 3.63) is 54.6 Å². The summed E-state index contributed by atoms with van der Waals surface area (Å²) in [7, 11) is 0. The molecule has 2 heterocycles. The van der Waals surface area contributed by atoms with E-state index in [1.165, 1.54) is 23.5 Å². The minimum absolute atomic E-state index is 0.0172. The summed E-state index contributed by atoms with van der Waals surface area (Å²) in [5.41, 5.74) is 0.537. The van der Waals surface area contributed by atoms with Gasteiger partial charge in [0.2, 0.25) is 17.7 Å². The number of carbonyl (C=O) groups excluding carboxylic acids is 6. The number of hydrogen-bond acceptors (Lipinski definition) is 9. The molecule has 3 rings (SSSR count). The van der Waals surface area contributed by atoms with Gasteiger partial charge in [0.1, 0.15) is 36.2 Å². The molecule has 1 aliphatic heterocycles. The highest BCUT2D eigenvalue weighted by Crippen LogP contribution is 2.24. The predicted molar refractivity (Wildman–Crippen MR) is 164 cm³/mol. The maximum Gasteiger partial charge on any atom is 0.411 e. The Hall–Kier alpha value is -4.88. The van der Waals surface area contributed by atoms with E-state index in [9.17, 15) is 28.8 Å². The van der Waals surface area contributed by atoms with Gasteiger partial charge in [0.25, 0.3) is 5.91 Å². The van der Waals surface area contributed by atoms with E-state index < -0.39 is 65.9 Å². The van der Waals surface area contributed by atoms with Crippen molar-refractivity contribution in [2.45, 2.75) is 77.7 Å². The topological polar surface area (TPSA) is 189 Å². The number of benzene rings is 1. The molecule has 14 nitrogen and oxygen atoms in total. The van der Waals surface area contributed by atoms with Crippen LogP contribution < -0.4 is 21.3 Å². The van der Waals surface area contributed by atoms with Crippen LogP contribution in [0.4, 0.5) is 10.5 Å². The molecule has 14 heteroatoms. The molecule has 45 heavy (non-hydrogen) atoms. The number of carbonyl (C=O) groups is 6. The number of aldehydes is 1. The van der Waals surface area contributed by atoms with E-state index in [1.807, 2.05) is 0 Å². The highest BCUT2D eigenvalue weighted by molar-refractivity contribution is 5.98. The Morgan fingerprint density at radius 1 is 0.978 bits per heavy atom. The molecule has 5 atom stereocenters. The minimum atomic E-state index is -1.09. The zero-order chi connectivity index (χ0) is 33.1. The summed E-state index contributed by atoms with van der Waals surface area (Å²) in [4.78, 5) is 86.7. The van der Waals surface area contributed by atoms with Crippen LogP contribution in [0, 0.1) is 11.8 Å². The van der Waals surface area contributed by atoms with Gasteiger partial charge in [-0.2, -0.15) is 0 Å². The number of aromatic nitrogens is 2. The molecule has 1 aromatic carbocycles. The molecule has 0 unspecified atom stereocenters. The second-order valence-electron chi connectivity index (χ2n) is 11.4. The average Bonchev–Trinajstić information content (AvgIpc) is 3.44. The molecule has 5 amide bonds. The van der Waals surface area contributed by atoms with Crippen molar-refractivity contribution in [1.29, 1.82) is 0 Å². The molecular formula is C31H41N7O7. The van der Waals surface area contributed by atoms with Crippen molar-refractivity contribution < 1.29 is 33.5 Å². The number of ether oxygens (including phenoxy) is 1. The number of rotatable bonds is 13. The van der Waals surface area contributed by atoms with Gasteiger partial charge in [-0.1, -0.05) is 52.8 Å². The fourth-order valence-electron chi connectivity index (χ4n) is 4.81. The van der Waals surface area contributed by atoms with Crippen molar-refractivity contribution >= 4 is 41.7 Å². The van der Waals surface area contributed by atoms with Crippen molar-refractivity contribution in [1.82, 2.24) is 30.8 Å². The van der Waals surface area contributed by atoms with Gasteiger partial charge >= 0.3 is 6.09 Å². The largest absolute Gasteiger partial charge is 0.444 e. The molecule has 1 aromatic heterocycles. The summed E-state index contributed by atoms with van der Waals surface area (Å²) in [5, 5.41) is 10.7. The van der Waals surface area contributed by atoms with Crippen LogP contribution in [0.3, 0.4) is 0 Å². The first-order valence-electron chi connectivity index (χ1n) is 14.9. The summed E-state index contributed by atoms with van der Waals surface area (Å²) >= 11 is 0. The van der Waals surface area contributed by atoms with Crippen LogP contribution in [0.25, 0.3) is 0 Å². The second kappa shape index (κ2) is 16.3. The van der Waals surface area contributed by atoms with Crippen LogP contribution in [0.5, 0.6) is 0 Å². The van der Waals surface area contributed by atoms with Gasteiger partial charge in [-0.05, 0) is 30.4 Å². The molecule has 4 N–H and O–H groups in total. The zero-order valence-electron chi connectivity index (χ0n) is 26.1. The molecule has 0 saturated carbocycles. The quantitative estimate of drug-likeness (QED) is 0.241. The summed E-state index contributed by atoms with van der Waals surface area (Å²) in [6.07, 6.45) is 3.38. The molecule has 0 bridgehead atoms. The van der Waals surface area contributed by atoms with E-state index in [1.54, 1.807) is 65.0 Å². The predicted octanol–water partition coefficient (Wildman–Crippen LogP) is 1.68. The van der Waals surface area contributed by atoms with E-state index in [2.05, 4.69) is 31.2 Å². The summed E-state index contributed by atoms with van der Waals surface area (Å²) in [6, 6.07) is 4.71. The number of nitrogens with one attached hydrogen (secondary N) is 4. The Labute approximate surface area is 262 Å². The van der Waals surface area contributed by atoms with Crippen molar-refractivity contribution in [2.75, 3.05) is 11.9 Å². The SMILES string of the molecule is CC[C@@H](C=O)NC(=O)[C@@H]1C[C@@H](OC(=O)Nc2ccccc2)CN1C(=O)[C@@H](NC(=O)[C@@H](NC(=O)c1cnccn1)C(C)C)C(C)C. The third-order valence-electron chi connectivity index (χ3n) is 7.34. The number of likely N-dealkylation sites (tertiary alicyclic amines) is 1. The second-order valence-corrected chi connectivity index (χ2v) is 11.4. The van der Waals surface area contributed by atoms with Crippen molar-refractivity contribution in [3.63, 3.8) is 0 Å². The Bertz CT molecular complexity index is 1340. The van der Waals surface area contributed by atoms with Gasteiger partial charge in [-0.25, -0.2) is 9.78 Å². The molecule has 1 saturated heterocycles. The fourth-order valence-corrected chi connectivity index (χ4v) is 4.81. The highest BCUT2D eigenvalue weighted by atomic mass is 16.6. The van der Waals surface area contributed by atoms with Crippen LogP contribution in [-0.4, -0.2) is 87.7 Å². The molecule has 0 aliphatic carbocycles. The number of hydrogen-bond donors (Lipinski definition) is 4. The summed E-state index contributed by atoms with van der Waals surface area (Å²) in [6.45, 7) is 8.57. The van der Waals surface area contributed by atoms with E-state index in [0.29, 0.717) is 18.4 Å². The molecular weight excluding hydrogens is 582 g/mol. The maximum absolute atomic E-state index is 14.0. The van der Waals surface area contributed by atoms with Crippen molar-refractivity contribution in [2.24, 2.45) is 11.8 Å². The van der Waals surface area contributed by atoms with Gasteiger partial charge in [-0.15, -0.1) is 0 Å². The lowest BCUT2D eigenvalue weighted by Gasteiger charge is -2.32. The maximum atomic E-state index is 14.0. The minimum Gasteiger partial charge on any atom is -0.444 e. The summed E-state index contributed by atoms with van der Waals surface area (Å²) in [5.74, 6) is -3.13. The van der Waals surface area contributed by atoms with E-state index >= 15 is 0 Å². The van der Waals surface area contributed by atoms with E-state index in [0.717, 1.165) is 0 Å². The van der Waals surface area contributed by atoms with E-state index in [4.69, 9.17) is 4.74 Å².